The molecule has 6 heteroatoms. The maximum atomic E-state index is 13.5. The van der Waals surface area contributed by atoms with Gasteiger partial charge in [-0.3, -0.25) is 9.59 Å². The molecule has 0 aliphatic carbocycles. The third kappa shape index (κ3) is 6.45. The zero-order valence-corrected chi connectivity index (χ0v) is 19.1. The predicted molar refractivity (Wildman–Crippen MR) is 130 cm³/mol. The van der Waals surface area contributed by atoms with Crippen molar-refractivity contribution < 1.29 is 19.1 Å². The molecule has 0 spiro atoms. The van der Waals surface area contributed by atoms with Crippen molar-refractivity contribution in [3.63, 3.8) is 0 Å². The van der Waals surface area contributed by atoms with Gasteiger partial charge in [-0.1, -0.05) is 78.9 Å². The van der Waals surface area contributed by atoms with Crippen LogP contribution in [0.4, 0.5) is 0 Å². The Morgan fingerprint density at radius 3 is 2.24 bits per heavy atom. The van der Waals surface area contributed by atoms with Crippen molar-refractivity contribution in [1.29, 1.82) is 0 Å². The maximum absolute atomic E-state index is 13.5. The summed E-state index contributed by atoms with van der Waals surface area (Å²) in [4.78, 5) is 28.6. The van der Waals surface area contributed by atoms with Crippen LogP contribution in [0.25, 0.3) is 0 Å². The third-order valence-electron chi connectivity index (χ3n) is 5.82. The average Bonchev–Trinajstić information content (AvgIpc) is 3.41. The highest BCUT2D eigenvalue weighted by Crippen LogP contribution is 2.25. The van der Waals surface area contributed by atoms with Gasteiger partial charge in [0.1, 0.15) is 11.8 Å². The van der Waals surface area contributed by atoms with Crippen molar-refractivity contribution in [2.75, 3.05) is 19.8 Å². The first-order chi connectivity index (χ1) is 16.7. The topological polar surface area (TPSA) is 67.9 Å². The highest BCUT2D eigenvalue weighted by atomic mass is 16.5. The Labute approximate surface area is 200 Å². The minimum absolute atomic E-state index is 0.0139. The molecule has 1 aliphatic rings. The number of ether oxygens (including phenoxy) is 2. The van der Waals surface area contributed by atoms with Crippen molar-refractivity contribution >= 4 is 11.8 Å². The molecule has 0 aromatic heterocycles. The van der Waals surface area contributed by atoms with E-state index in [1.807, 2.05) is 78.9 Å². The van der Waals surface area contributed by atoms with E-state index in [2.05, 4.69) is 5.32 Å². The Hall–Kier alpha value is -3.64. The molecule has 4 rings (SSSR count). The summed E-state index contributed by atoms with van der Waals surface area (Å²) in [7, 11) is 0. The molecule has 1 fully saturated rings. The van der Waals surface area contributed by atoms with Crippen LogP contribution >= 0.6 is 0 Å². The number of amides is 2. The summed E-state index contributed by atoms with van der Waals surface area (Å²) in [5, 5.41) is 3.02. The smallest absolute Gasteiger partial charge is 0.261 e. The van der Waals surface area contributed by atoms with E-state index < -0.39 is 6.04 Å². The Morgan fingerprint density at radius 1 is 0.941 bits per heavy atom. The molecule has 3 aromatic rings. The van der Waals surface area contributed by atoms with Crippen LogP contribution < -0.4 is 10.1 Å². The zero-order valence-electron chi connectivity index (χ0n) is 19.1. The van der Waals surface area contributed by atoms with Gasteiger partial charge >= 0.3 is 0 Å². The molecule has 1 aliphatic heterocycles. The van der Waals surface area contributed by atoms with Crippen molar-refractivity contribution in [3.8, 4) is 5.75 Å². The fraction of sp³-hybridized carbons (Fsp3) is 0.286. The minimum Gasteiger partial charge on any atom is -0.484 e. The van der Waals surface area contributed by atoms with Crippen LogP contribution in [-0.2, 0) is 20.9 Å². The summed E-state index contributed by atoms with van der Waals surface area (Å²) in [6.45, 7) is 1.26. The van der Waals surface area contributed by atoms with Gasteiger partial charge in [0, 0.05) is 19.7 Å². The van der Waals surface area contributed by atoms with Crippen LogP contribution in [0.5, 0.6) is 5.75 Å². The van der Waals surface area contributed by atoms with E-state index in [-0.39, 0.29) is 31.1 Å². The monoisotopic (exact) mass is 458 g/mol. The number of benzene rings is 3. The van der Waals surface area contributed by atoms with Crippen molar-refractivity contribution in [2.45, 2.75) is 31.5 Å². The van der Waals surface area contributed by atoms with Crippen LogP contribution in [0.2, 0.25) is 0 Å². The largest absolute Gasteiger partial charge is 0.484 e. The molecule has 1 heterocycles. The second-order valence-corrected chi connectivity index (χ2v) is 8.30. The van der Waals surface area contributed by atoms with E-state index in [1.54, 1.807) is 17.0 Å². The Bertz CT molecular complexity index is 1040. The fourth-order valence-corrected chi connectivity index (χ4v) is 4.07. The lowest BCUT2D eigenvalue weighted by Crippen LogP contribution is -2.46. The van der Waals surface area contributed by atoms with E-state index >= 15 is 0 Å². The number of hydrogen-bond donors (Lipinski definition) is 1. The highest BCUT2D eigenvalue weighted by Gasteiger charge is 2.32. The molecule has 0 unspecified atom stereocenters. The summed E-state index contributed by atoms with van der Waals surface area (Å²) in [6.07, 6.45) is 1.94. The summed E-state index contributed by atoms with van der Waals surface area (Å²) in [5.41, 5.74) is 1.68. The zero-order chi connectivity index (χ0) is 23.6. The van der Waals surface area contributed by atoms with Gasteiger partial charge < -0.3 is 19.7 Å². The van der Waals surface area contributed by atoms with Gasteiger partial charge in [0.05, 0.1) is 6.10 Å². The van der Waals surface area contributed by atoms with Crippen LogP contribution in [0.15, 0.2) is 91.0 Å². The lowest BCUT2D eigenvalue weighted by atomic mass is 10.0. The lowest BCUT2D eigenvalue weighted by molar-refractivity contribution is -0.143. The average molecular weight is 459 g/mol. The number of hydrogen-bond acceptors (Lipinski definition) is 4. The van der Waals surface area contributed by atoms with E-state index in [9.17, 15) is 9.59 Å². The quantitative estimate of drug-likeness (QED) is 0.496. The number of carbonyl (C=O) groups is 2. The summed E-state index contributed by atoms with van der Waals surface area (Å²) in [5.74, 6) is 0.106. The Balaban J connectivity index is 1.58. The molecule has 34 heavy (non-hydrogen) atoms. The van der Waals surface area contributed by atoms with Gasteiger partial charge in [0.25, 0.3) is 5.91 Å². The second-order valence-electron chi connectivity index (χ2n) is 8.30. The van der Waals surface area contributed by atoms with Gasteiger partial charge in [-0.2, -0.15) is 0 Å². The second kappa shape index (κ2) is 12.0. The van der Waals surface area contributed by atoms with Crippen molar-refractivity contribution in [2.24, 2.45) is 0 Å². The van der Waals surface area contributed by atoms with Crippen molar-refractivity contribution in [1.82, 2.24) is 10.2 Å². The number of para-hydroxylation sites is 1. The minimum atomic E-state index is -0.797. The van der Waals surface area contributed by atoms with E-state index in [0.29, 0.717) is 12.3 Å². The third-order valence-corrected chi connectivity index (χ3v) is 5.82. The number of nitrogens with zero attached hydrogens (tertiary/aromatic N) is 1. The van der Waals surface area contributed by atoms with Crippen LogP contribution in [0.1, 0.15) is 30.0 Å². The van der Waals surface area contributed by atoms with Crippen molar-refractivity contribution in [3.05, 3.63) is 102 Å². The Kier molecular flexibility index (Phi) is 8.30. The SMILES string of the molecule is O=C(NC[C@H]1CCCO1)[C@H](c1ccccc1)N(Cc1ccccc1)C(=O)COc1ccccc1. The molecular formula is C28H30N2O4. The highest BCUT2D eigenvalue weighted by molar-refractivity contribution is 5.89. The summed E-state index contributed by atoms with van der Waals surface area (Å²) < 4.78 is 11.4. The van der Waals surface area contributed by atoms with Gasteiger partial charge in [-0.05, 0) is 36.1 Å². The maximum Gasteiger partial charge on any atom is 0.261 e. The molecule has 0 bridgehead atoms. The van der Waals surface area contributed by atoms with Crippen LogP contribution in [0.3, 0.4) is 0 Å². The number of nitrogens with one attached hydrogen (secondary N) is 1. The summed E-state index contributed by atoms with van der Waals surface area (Å²) >= 11 is 0. The first-order valence-electron chi connectivity index (χ1n) is 11.7. The van der Waals surface area contributed by atoms with Gasteiger partial charge in [0.2, 0.25) is 5.91 Å². The molecule has 1 saturated heterocycles. The lowest BCUT2D eigenvalue weighted by Gasteiger charge is -2.32. The van der Waals surface area contributed by atoms with E-state index in [0.717, 1.165) is 30.6 Å². The van der Waals surface area contributed by atoms with E-state index in [1.165, 1.54) is 0 Å². The molecule has 2 amide bonds. The predicted octanol–water partition coefficient (Wildman–Crippen LogP) is 4.13. The van der Waals surface area contributed by atoms with E-state index in [4.69, 9.17) is 9.47 Å². The van der Waals surface area contributed by atoms with Gasteiger partial charge in [-0.15, -0.1) is 0 Å². The fourth-order valence-electron chi connectivity index (χ4n) is 4.07. The van der Waals surface area contributed by atoms with Gasteiger partial charge in [0.15, 0.2) is 6.61 Å². The van der Waals surface area contributed by atoms with Crippen LogP contribution in [-0.4, -0.2) is 42.6 Å². The molecular weight excluding hydrogens is 428 g/mol. The summed E-state index contributed by atoms with van der Waals surface area (Å²) in [6, 6.07) is 27.5. The molecule has 0 radical (unpaired) electrons. The van der Waals surface area contributed by atoms with Crippen LogP contribution in [0, 0.1) is 0 Å². The molecule has 1 N–H and O–H groups in total. The molecule has 3 aromatic carbocycles. The van der Waals surface area contributed by atoms with Gasteiger partial charge in [-0.25, -0.2) is 0 Å². The first-order valence-corrected chi connectivity index (χ1v) is 11.7. The molecule has 0 saturated carbocycles. The Morgan fingerprint density at radius 2 is 1.59 bits per heavy atom. The number of rotatable bonds is 10. The normalized spacial score (nSPS) is 15.9. The first kappa shape index (κ1) is 23.5. The number of carbonyl (C=O) groups excluding carboxylic acids is 2. The molecule has 176 valence electrons. The standard InChI is InChI=1S/C28H30N2O4/c31-26(21-34-24-15-8-3-9-16-24)30(20-22-11-4-1-5-12-22)27(23-13-6-2-7-14-23)28(32)29-19-25-17-10-18-33-25/h1-9,11-16,25,27H,10,17-21H2,(H,29,32)/t25-,27+/m1/s1. The molecule has 2 atom stereocenters. The molecule has 6 nitrogen and oxygen atoms in total.